The second-order valence-corrected chi connectivity index (χ2v) is 8.00. The van der Waals surface area contributed by atoms with Gasteiger partial charge in [-0.3, -0.25) is 14.9 Å². The fourth-order valence-corrected chi connectivity index (χ4v) is 4.09. The zero-order valence-electron chi connectivity index (χ0n) is 16.5. The molecule has 0 fully saturated rings. The van der Waals surface area contributed by atoms with Gasteiger partial charge in [0.2, 0.25) is 0 Å². The standard InChI is InChI=1S/C23H19FN2O3S.ClH/c1-13(18-6-3-11-30-18)25-19(14-7-9-16(24)10-8-14)15-4-2-5-17(12-15)26-20-21(27)23(29)22(20)28;/h2-13,19,25-27H,1H3;1H. The second-order valence-electron chi connectivity index (χ2n) is 7.02. The summed E-state index contributed by atoms with van der Waals surface area (Å²) in [4.78, 5) is 24.1. The fourth-order valence-electron chi connectivity index (χ4n) is 3.35. The molecule has 31 heavy (non-hydrogen) atoms. The van der Waals surface area contributed by atoms with Crippen LogP contribution >= 0.6 is 23.7 Å². The van der Waals surface area contributed by atoms with Crippen LogP contribution in [0.2, 0.25) is 0 Å². The van der Waals surface area contributed by atoms with Gasteiger partial charge in [0.1, 0.15) is 11.5 Å². The van der Waals surface area contributed by atoms with Crippen LogP contribution in [0.25, 0.3) is 0 Å². The smallest absolute Gasteiger partial charge is 0.271 e. The van der Waals surface area contributed by atoms with E-state index in [0.29, 0.717) is 5.69 Å². The zero-order valence-corrected chi connectivity index (χ0v) is 18.1. The van der Waals surface area contributed by atoms with Crippen molar-refractivity contribution in [2.24, 2.45) is 0 Å². The monoisotopic (exact) mass is 458 g/mol. The molecule has 1 aromatic heterocycles. The molecule has 4 aromatic rings. The molecule has 2 atom stereocenters. The summed E-state index contributed by atoms with van der Waals surface area (Å²) < 4.78 is 13.5. The van der Waals surface area contributed by atoms with Gasteiger partial charge in [0, 0.05) is 16.6 Å². The van der Waals surface area contributed by atoms with Crippen molar-refractivity contribution in [2.75, 3.05) is 5.32 Å². The molecule has 2 unspecified atom stereocenters. The van der Waals surface area contributed by atoms with Crippen LogP contribution in [-0.2, 0) is 0 Å². The van der Waals surface area contributed by atoms with Crippen molar-refractivity contribution in [1.82, 2.24) is 5.32 Å². The lowest BCUT2D eigenvalue weighted by atomic mass is 9.97. The van der Waals surface area contributed by atoms with Crippen LogP contribution in [0, 0.1) is 5.82 Å². The van der Waals surface area contributed by atoms with Crippen LogP contribution in [-0.4, -0.2) is 5.11 Å². The molecule has 0 amide bonds. The minimum atomic E-state index is -0.885. The normalized spacial score (nSPS) is 12.8. The first-order chi connectivity index (χ1) is 14.4. The first-order valence-corrected chi connectivity index (χ1v) is 10.3. The maximum absolute atomic E-state index is 13.5. The Bertz CT molecular complexity index is 1240. The second kappa shape index (κ2) is 9.43. The highest BCUT2D eigenvalue weighted by Gasteiger charge is 2.22. The van der Waals surface area contributed by atoms with E-state index in [2.05, 4.69) is 23.6 Å². The molecule has 3 N–H and O–H groups in total. The van der Waals surface area contributed by atoms with Gasteiger partial charge in [0.05, 0.1) is 6.04 Å². The van der Waals surface area contributed by atoms with Crippen molar-refractivity contribution in [3.8, 4) is 5.75 Å². The van der Waals surface area contributed by atoms with Gasteiger partial charge < -0.3 is 10.4 Å². The van der Waals surface area contributed by atoms with E-state index in [0.717, 1.165) is 11.1 Å². The Kier molecular flexibility index (Phi) is 6.90. The lowest BCUT2D eigenvalue weighted by Crippen LogP contribution is -2.32. The van der Waals surface area contributed by atoms with Crippen LogP contribution in [0.4, 0.5) is 15.8 Å². The summed E-state index contributed by atoms with van der Waals surface area (Å²) in [5, 5.41) is 18.0. The van der Waals surface area contributed by atoms with Crippen LogP contribution in [0.3, 0.4) is 0 Å². The Morgan fingerprint density at radius 3 is 2.35 bits per heavy atom. The van der Waals surface area contributed by atoms with Crippen molar-refractivity contribution in [3.63, 3.8) is 0 Å². The third-order valence-corrected chi connectivity index (χ3v) is 6.02. The fraction of sp³-hybridized carbons (Fsp3) is 0.130. The van der Waals surface area contributed by atoms with Crippen molar-refractivity contribution in [1.29, 1.82) is 0 Å². The van der Waals surface area contributed by atoms with Gasteiger partial charge in [-0.15, -0.1) is 23.7 Å². The molecule has 0 saturated heterocycles. The van der Waals surface area contributed by atoms with Gasteiger partial charge in [-0.1, -0.05) is 30.3 Å². The maximum Gasteiger partial charge on any atom is 0.271 e. The maximum atomic E-state index is 13.5. The van der Waals surface area contributed by atoms with Crippen molar-refractivity contribution < 1.29 is 9.50 Å². The Labute approximate surface area is 188 Å². The summed E-state index contributed by atoms with van der Waals surface area (Å²) >= 11 is 1.65. The van der Waals surface area contributed by atoms with Crippen LogP contribution in [0.15, 0.2) is 75.6 Å². The SMILES string of the molecule is CC(NC(c1ccc(F)cc1)c1cccc(Nc2c(O)c(=O)c2=O)c1)c1cccs1.Cl. The molecule has 3 aromatic carbocycles. The molecule has 0 radical (unpaired) electrons. The van der Waals surface area contributed by atoms with Gasteiger partial charge in [-0.25, -0.2) is 4.39 Å². The number of halogens is 2. The number of hydrogen-bond acceptors (Lipinski definition) is 6. The Balaban J connectivity index is 0.00000272. The highest BCUT2D eigenvalue weighted by molar-refractivity contribution is 7.10. The predicted octanol–water partition coefficient (Wildman–Crippen LogP) is 4.79. The summed E-state index contributed by atoms with van der Waals surface area (Å²) in [6.45, 7) is 2.06. The average Bonchev–Trinajstić information content (AvgIpc) is 3.31. The molecule has 0 spiro atoms. The van der Waals surface area contributed by atoms with Crippen LogP contribution < -0.4 is 21.5 Å². The summed E-state index contributed by atoms with van der Waals surface area (Å²) in [7, 11) is 0. The molecule has 8 heteroatoms. The third-order valence-electron chi connectivity index (χ3n) is 4.96. The van der Waals surface area contributed by atoms with Gasteiger partial charge >= 0.3 is 0 Å². The van der Waals surface area contributed by atoms with Crippen LogP contribution in [0.5, 0.6) is 5.75 Å². The van der Waals surface area contributed by atoms with E-state index in [9.17, 15) is 19.1 Å². The number of anilines is 2. The minimum absolute atomic E-state index is 0. The number of nitrogens with one attached hydrogen (secondary N) is 2. The molecule has 0 aliphatic carbocycles. The van der Waals surface area contributed by atoms with E-state index < -0.39 is 16.6 Å². The average molecular weight is 459 g/mol. The number of benzene rings is 2. The van der Waals surface area contributed by atoms with Crippen molar-refractivity contribution in [3.05, 3.63) is 108 Å². The van der Waals surface area contributed by atoms with E-state index in [1.165, 1.54) is 17.0 Å². The molecule has 1 heterocycles. The molecule has 0 aliphatic heterocycles. The number of rotatable bonds is 7. The zero-order chi connectivity index (χ0) is 21.3. The summed E-state index contributed by atoms with van der Waals surface area (Å²) in [6, 6.07) is 17.5. The van der Waals surface area contributed by atoms with Gasteiger partial charge in [-0.2, -0.15) is 0 Å². The van der Waals surface area contributed by atoms with Gasteiger partial charge in [0.15, 0.2) is 5.75 Å². The van der Waals surface area contributed by atoms with Gasteiger partial charge in [0.25, 0.3) is 10.9 Å². The highest BCUT2D eigenvalue weighted by atomic mass is 35.5. The van der Waals surface area contributed by atoms with E-state index in [-0.39, 0.29) is 36.0 Å². The molecule has 5 nitrogen and oxygen atoms in total. The Morgan fingerprint density at radius 2 is 1.71 bits per heavy atom. The lowest BCUT2D eigenvalue weighted by molar-refractivity contribution is 0.466. The Hall–Kier alpha value is -3.00. The van der Waals surface area contributed by atoms with E-state index >= 15 is 0 Å². The number of thiophene rings is 1. The van der Waals surface area contributed by atoms with Crippen molar-refractivity contribution >= 4 is 35.1 Å². The molecular formula is C23H20ClFN2O3S. The van der Waals surface area contributed by atoms with E-state index in [4.69, 9.17) is 0 Å². The molecular weight excluding hydrogens is 439 g/mol. The number of aromatic hydroxyl groups is 1. The molecule has 4 rings (SSSR count). The van der Waals surface area contributed by atoms with E-state index in [1.807, 2.05) is 29.6 Å². The minimum Gasteiger partial charge on any atom is -0.502 e. The summed E-state index contributed by atoms with van der Waals surface area (Å²) in [5.41, 5.74) is 0.604. The molecule has 0 saturated carbocycles. The van der Waals surface area contributed by atoms with Crippen molar-refractivity contribution in [2.45, 2.75) is 19.0 Å². The quantitative estimate of drug-likeness (QED) is 0.347. The van der Waals surface area contributed by atoms with Gasteiger partial charge in [-0.05, 0) is 53.8 Å². The number of hydrogen-bond donors (Lipinski definition) is 3. The first kappa shape index (κ1) is 22.7. The highest BCUT2D eigenvalue weighted by Crippen LogP contribution is 2.30. The third kappa shape index (κ3) is 4.69. The largest absolute Gasteiger partial charge is 0.502 e. The first-order valence-electron chi connectivity index (χ1n) is 9.38. The molecule has 160 valence electrons. The topological polar surface area (TPSA) is 78.4 Å². The van der Waals surface area contributed by atoms with E-state index in [1.54, 1.807) is 29.5 Å². The lowest BCUT2D eigenvalue weighted by Gasteiger charge is -2.24. The molecule has 0 aliphatic rings. The predicted molar refractivity (Wildman–Crippen MR) is 124 cm³/mol. The summed E-state index contributed by atoms with van der Waals surface area (Å²) in [6.07, 6.45) is 0. The Morgan fingerprint density at radius 1 is 0.968 bits per heavy atom. The molecule has 0 bridgehead atoms. The van der Waals surface area contributed by atoms with Crippen LogP contribution in [0.1, 0.15) is 35.0 Å². The summed E-state index contributed by atoms with van der Waals surface area (Å²) in [5.74, 6) is -0.861.